The minimum absolute atomic E-state index is 0.0913. The van der Waals surface area contributed by atoms with Gasteiger partial charge >= 0.3 is 0 Å². The van der Waals surface area contributed by atoms with E-state index >= 15 is 0 Å². The standard InChI is InChI=1S/C21H22N6O2/c1-12-23-9-14(10-24-12)13-6-7-15-16(8-13)27(20(29)21(15,2)3)17-11-26(5)18(25-17)19(28)22-4/h6-11H,1-5H3,(H,22,28). The molecule has 2 aromatic heterocycles. The predicted octanol–water partition coefficient (Wildman–Crippen LogP) is 2.50. The first kappa shape index (κ1) is 18.8. The second-order valence-electron chi connectivity index (χ2n) is 7.63. The van der Waals surface area contributed by atoms with Crippen molar-refractivity contribution in [3.8, 4) is 11.1 Å². The number of amides is 2. The Bertz CT molecular complexity index is 1130. The molecule has 0 fully saturated rings. The van der Waals surface area contributed by atoms with Crippen molar-refractivity contribution in [2.45, 2.75) is 26.2 Å². The number of fused-ring (bicyclic) bond motifs is 1. The van der Waals surface area contributed by atoms with E-state index in [-0.39, 0.29) is 17.6 Å². The molecule has 8 nitrogen and oxygen atoms in total. The zero-order chi connectivity index (χ0) is 20.9. The van der Waals surface area contributed by atoms with E-state index in [1.54, 1.807) is 42.2 Å². The topological polar surface area (TPSA) is 93.0 Å². The summed E-state index contributed by atoms with van der Waals surface area (Å²) in [7, 11) is 3.28. The summed E-state index contributed by atoms with van der Waals surface area (Å²) >= 11 is 0. The van der Waals surface area contributed by atoms with E-state index in [0.717, 1.165) is 22.4 Å². The molecule has 0 spiro atoms. The second-order valence-corrected chi connectivity index (χ2v) is 7.63. The maximum absolute atomic E-state index is 13.3. The first-order chi connectivity index (χ1) is 13.7. The van der Waals surface area contributed by atoms with Gasteiger partial charge in [0.25, 0.3) is 5.91 Å². The Morgan fingerprint density at radius 3 is 2.48 bits per heavy atom. The van der Waals surface area contributed by atoms with Gasteiger partial charge in [0.1, 0.15) is 5.82 Å². The van der Waals surface area contributed by atoms with Gasteiger partial charge in [-0.15, -0.1) is 0 Å². The number of benzene rings is 1. The molecular weight excluding hydrogens is 368 g/mol. The van der Waals surface area contributed by atoms with E-state index in [0.29, 0.717) is 11.6 Å². The highest BCUT2D eigenvalue weighted by Crippen LogP contribution is 2.46. The Balaban J connectivity index is 1.86. The molecule has 0 radical (unpaired) electrons. The summed E-state index contributed by atoms with van der Waals surface area (Å²) in [6.07, 6.45) is 5.22. The Morgan fingerprint density at radius 2 is 1.83 bits per heavy atom. The number of aryl methyl sites for hydroxylation is 2. The van der Waals surface area contributed by atoms with Crippen LogP contribution in [0.1, 0.15) is 35.9 Å². The lowest BCUT2D eigenvalue weighted by Crippen LogP contribution is -2.33. The third-order valence-corrected chi connectivity index (χ3v) is 5.29. The number of rotatable bonds is 3. The van der Waals surface area contributed by atoms with E-state index in [9.17, 15) is 9.59 Å². The summed E-state index contributed by atoms with van der Waals surface area (Å²) in [4.78, 5) is 39.9. The maximum atomic E-state index is 13.3. The van der Waals surface area contributed by atoms with E-state index < -0.39 is 5.41 Å². The lowest BCUT2D eigenvalue weighted by molar-refractivity contribution is -0.121. The van der Waals surface area contributed by atoms with Crippen molar-refractivity contribution < 1.29 is 9.59 Å². The number of anilines is 2. The lowest BCUT2D eigenvalue weighted by atomic mass is 9.85. The molecule has 0 aliphatic carbocycles. The van der Waals surface area contributed by atoms with E-state index in [2.05, 4.69) is 20.3 Å². The smallest absolute Gasteiger partial charge is 0.287 e. The van der Waals surface area contributed by atoms with Gasteiger partial charge in [0.2, 0.25) is 11.7 Å². The Labute approximate surface area is 168 Å². The fraction of sp³-hybridized carbons (Fsp3) is 0.286. The number of imidazole rings is 1. The van der Waals surface area contributed by atoms with Crippen molar-refractivity contribution >= 4 is 23.3 Å². The monoisotopic (exact) mass is 390 g/mol. The fourth-order valence-corrected chi connectivity index (χ4v) is 3.58. The van der Waals surface area contributed by atoms with Crippen LogP contribution in [0.25, 0.3) is 11.1 Å². The van der Waals surface area contributed by atoms with Crippen molar-refractivity contribution in [3.05, 3.63) is 54.0 Å². The molecule has 1 aliphatic heterocycles. The summed E-state index contributed by atoms with van der Waals surface area (Å²) in [5, 5.41) is 2.57. The summed E-state index contributed by atoms with van der Waals surface area (Å²) < 4.78 is 1.62. The van der Waals surface area contributed by atoms with Crippen LogP contribution in [0.5, 0.6) is 0 Å². The molecule has 1 aromatic carbocycles. The van der Waals surface area contributed by atoms with E-state index in [1.807, 2.05) is 39.0 Å². The molecular formula is C21H22N6O2. The van der Waals surface area contributed by atoms with Gasteiger partial charge in [-0.25, -0.2) is 15.0 Å². The van der Waals surface area contributed by atoms with Gasteiger partial charge in [-0.3, -0.25) is 14.5 Å². The van der Waals surface area contributed by atoms with Crippen LogP contribution in [-0.2, 0) is 17.3 Å². The molecule has 3 heterocycles. The van der Waals surface area contributed by atoms with E-state index in [4.69, 9.17) is 0 Å². The summed E-state index contributed by atoms with van der Waals surface area (Å²) in [5.74, 6) is 0.953. The summed E-state index contributed by atoms with van der Waals surface area (Å²) in [5.41, 5.74) is 2.72. The molecule has 1 N–H and O–H groups in total. The number of aromatic nitrogens is 4. The van der Waals surface area contributed by atoms with Crippen molar-refractivity contribution in [2.75, 3.05) is 11.9 Å². The van der Waals surface area contributed by atoms with Crippen molar-refractivity contribution in [1.82, 2.24) is 24.8 Å². The van der Waals surface area contributed by atoms with Crippen LogP contribution in [0, 0.1) is 6.92 Å². The average molecular weight is 390 g/mol. The number of carbonyl (C=O) groups is 2. The molecule has 1 aliphatic rings. The molecule has 29 heavy (non-hydrogen) atoms. The van der Waals surface area contributed by atoms with Crippen LogP contribution in [0.15, 0.2) is 36.8 Å². The molecule has 0 bridgehead atoms. The third-order valence-electron chi connectivity index (χ3n) is 5.29. The number of hydrogen-bond acceptors (Lipinski definition) is 5. The van der Waals surface area contributed by atoms with Gasteiger partial charge in [-0.05, 0) is 38.0 Å². The largest absolute Gasteiger partial charge is 0.352 e. The SMILES string of the molecule is CNC(=O)c1nc(N2C(=O)C(C)(C)c3ccc(-c4cnc(C)nc4)cc32)cn1C. The molecule has 8 heteroatoms. The van der Waals surface area contributed by atoms with Crippen LogP contribution in [-0.4, -0.2) is 38.4 Å². The van der Waals surface area contributed by atoms with Crippen LogP contribution < -0.4 is 10.2 Å². The maximum Gasteiger partial charge on any atom is 0.287 e. The molecule has 0 saturated carbocycles. The van der Waals surface area contributed by atoms with E-state index in [1.165, 1.54) is 0 Å². The number of carbonyl (C=O) groups excluding carboxylic acids is 2. The highest BCUT2D eigenvalue weighted by molar-refractivity contribution is 6.12. The van der Waals surface area contributed by atoms with Gasteiger partial charge in [0, 0.05) is 38.2 Å². The quantitative estimate of drug-likeness (QED) is 0.742. The minimum atomic E-state index is -0.706. The van der Waals surface area contributed by atoms with Crippen LogP contribution in [0.2, 0.25) is 0 Å². The average Bonchev–Trinajstić information content (AvgIpc) is 3.17. The highest BCUT2D eigenvalue weighted by Gasteiger charge is 2.45. The molecule has 0 unspecified atom stereocenters. The highest BCUT2D eigenvalue weighted by atomic mass is 16.2. The number of hydrogen-bond donors (Lipinski definition) is 1. The molecule has 4 rings (SSSR count). The zero-order valence-corrected chi connectivity index (χ0v) is 17.0. The minimum Gasteiger partial charge on any atom is -0.352 e. The molecule has 2 amide bonds. The van der Waals surface area contributed by atoms with Crippen molar-refractivity contribution in [1.29, 1.82) is 0 Å². The van der Waals surface area contributed by atoms with Crippen molar-refractivity contribution in [2.24, 2.45) is 7.05 Å². The van der Waals surface area contributed by atoms with Crippen LogP contribution in [0.3, 0.4) is 0 Å². The molecule has 0 atom stereocenters. The van der Waals surface area contributed by atoms with Gasteiger partial charge in [-0.2, -0.15) is 0 Å². The zero-order valence-electron chi connectivity index (χ0n) is 17.0. The van der Waals surface area contributed by atoms with Crippen LogP contribution >= 0.6 is 0 Å². The lowest BCUT2D eigenvalue weighted by Gasteiger charge is -2.18. The predicted molar refractivity (Wildman–Crippen MR) is 109 cm³/mol. The van der Waals surface area contributed by atoms with Crippen molar-refractivity contribution in [3.63, 3.8) is 0 Å². The second kappa shape index (κ2) is 6.51. The first-order valence-electron chi connectivity index (χ1n) is 9.27. The number of nitrogens with zero attached hydrogens (tertiary/aromatic N) is 5. The van der Waals surface area contributed by atoms with Gasteiger partial charge in [0.15, 0.2) is 5.82 Å². The Kier molecular flexibility index (Phi) is 4.22. The van der Waals surface area contributed by atoms with Gasteiger partial charge < -0.3 is 9.88 Å². The molecule has 0 saturated heterocycles. The Hall–Kier alpha value is -3.55. The summed E-state index contributed by atoms with van der Waals surface area (Å²) in [6, 6.07) is 5.88. The summed E-state index contributed by atoms with van der Waals surface area (Å²) in [6.45, 7) is 5.62. The molecule has 148 valence electrons. The molecule has 3 aromatic rings. The van der Waals surface area contributed by atoms with Crippen LogP contribution in [0.4, 0.5) is 11.5 Å². The van der Waals surface area contributed by atoms with Gasteiger partial charge in [0.05, 0.1) is 11.1 Å². The fourth-order valence-electron chi connectivity index (χ4n) is 3.58. The first-order valence-corrected chi connectivity index (χ1v) is 9.27. The Morgan fingerprint density at radius 1 is 1.14 bits per heavy atom. The number of nitrogens with one attached hydrogen (secondary N) is 1. The third kappa shape index (κ3) is 2.88. The van der Waals surface area contributed by atoms with Gasteiger partial charge in [-0.1, -0.05) is 12.1 Å². The normalized spacial score (nSPS) is 14.8.